The number of hydrogen-bond acceptors (Lipinski definition) is 5. The molecule has 0 radical (unpaired) electrons. The second-order valence-electron chi connectivity index (χ2n) is 5.45. The summed E-state index contributed by atoms with van der Waals surface area (Å²) in [7, 11) is 0. The molecule has 1 amide bonds. The topological polar surface area (TPSA) is 77.2 Å². The van der Waals surface area contributed by atoms with Crippen LogP contribution < -0.4 is 10.6 Å². The third-order valence-electron chi connectivity index (χ3n) is 3.92. The van der Waals surface area contributed by atoms with Crippen molar-refractivity contribution < 1.29 is 14.3 Å². The van der Waals surface area contributed by atoms with E-state index in [1.807, 2.05) is 24.3 Å². The summed E-state index contributed by atoms with van der Waals surface area (Å²) in [6, 6.07) is 7.72. The molecule has 0 aromatic heterocycles. The highest BCUT2D eigenvalue weighted by Crippen LogP contribution is 2.24. The van der Waals surface area contributed by atoms with Crippen LogP contribution in [0.5, 0.6) is 0 Å². The van der Waals surface area contributed by atoms with Gasteiger partial charge in [0.2, 0.25) is 0 Å². The molecule has 2 N–H and O–H groups in total. The van der Waals surface area contributed by atoms with Crippen molar-refractivity contribution in [3.63, 3.8) is 0 Å². The molecule has 1 saturated heterocycles. The minimum Gasteiger partial charge on any atom is -0.379 e. The summed E-state index contributed by atoms with van der Waals surface area (Å²) in [6.45, 7) is 2.02. The highest BCUT2D eigenvalue weighted by Gasteiger charge is 2.24. The van der Waals surface area contributed by atoms with Crippen LogP contribution in [0, 0.1) is 0 Å². The number of aliphatic imine (C=N–C) groups is 1. The number of amidine groups is 1. The number of para-hydroxylation sites is 1. The van der Waals surface area contributed by atoms with Gasteiger partial charge in [0.15, 0.2) is 12.1 Å². The van der Waals surface area contributed by atoms with E-state index in [1.165, 1.54) is 0 Å². The maximum atomic E-state index is 12.4. The van der Waals surface area contributed by atoms with Gasteiger partial charge in [-0.05, 0) is 30.9 Å². The van der Waals surface area contributed by atoms with Crippen LogP contribution in [0.1, 0.15) is 24.8 Å². The first-order valence-corrected chi connectivity index (χ1v) is 7.68. The second-order valence-corrected chi connectivity index (χ2v) is 5.45. The number of nitrogens with zero attached hydrogens (tertiary/aromatic N) is 2. The van der Waals surface area contributed by atoms with Gasteiger partial charge in [-0.3, -0.25) is 9.79 Å². The average Bonchev–Trinajstić information content (AvgIpc) is 2.68. The standard InChI is InChI=1S/C16H21N3O3/c17-15-16(20)19(8-10-22-14-7-3-4-9-21-14)13-6-2-1-5-12(13)11-18-15/h1-2,5-6,14H,3-4,7-11H2,(H2,17,18). The zero-order chi connectivity index (χ0) is 15.4. The van der Waals surface area contributed by atoms with Crippen LogP contribution in [0.4, 0.5) is 5.69 Å². The van der Waals surface area contributed by atoms with Gasteiger partial charge in [-0.25, -0.2) is 0 Å². The number of carbonyl (C=O) groups is 1. The van der Waals surface area contributed by atoms with Gasteiger partial charge >= 0.3 is 0 Å². The van der Waals surface area contributed by atoms with Gasteiger partial charge in [-0.15, -0.1) is 0 Å². The molecule has 0 aliphatic carbocycles. The summed E-state index contributed by atoms with van der Waals surface area (Å²) in [5, 5.41) is 0. The molecule has 0 spiro atoms. The van der Waals surface area contributed by atoms with Gasteiger partial charge in [0.1, 0.15) is 0 Å². The lowest BCUT2D eigenvalue weighted by Gasteiger charge is -2.26. The number of ether oxygens (including phenoxy) is 2. The maximum Gasteiger partial charge on any atom is 0.293 e. The fraction of sp³-hybridized carbons (Fsp3) is 0.500. The number of fused-ring (bicyclic) bond motifs is 1. The lowest BCUT2D eigenvalue weighted by molar-refractivity contribution is -0.160. The molecular formula is C16H21N3O3. The predicted molar refractivity (Wildman–Crippen MR) is 83.7 cm³/mol. The number of amides is 1. The SMILES string of the molecule is NC1=NCc2ccccc2N(CCOC2CCCCO2)C1=O. The summed E-state index contributed by atoms with van der Waals surface area (Å²) in [6.07, 6.45) is 2.96. The molecule has 1 aromatic rings. The van der Waals surface area contributed by atoms with Crippen molar-refractivity contribution in [3.8, 4) is 0 Å². The Bertz CT molecular complexity index is 568. The molecule has 0 bridgehead atoms. The van der Waals surface area contributed by atoms with Crippen LogP contribution in [0.2, 0.25) is 0 Å². The Kier molecular flexibility index (Phi) is 4.70. The van der Waals surface area contributed by atoms with Crippen molar-refractivity contribution in [3.05, 3.63) is 29.8 Å². The molecule has 1 aromatic carbocycles. The predicted octanol–water partition coefficient (Wildman–Crippen LogP) is 1.43. The summed E-state index contributed by atoms with van der Waals surface area (Å²) >= 11 is 0. The molecule has 1 atom stereocenters. The van der Waals surface area contributed by atoms with Crippen molar-refractivity contribution in [2.24, 2.45) is 10.7 Å². The van der Waals surface area contributed by atoms with Gasteiger partial charge in [0.05, 0.1) is 13.2 Å². The summed E-state index contributed by atoms with van der Waals surface area (Å²) in [4.78, 5) is 18.1. The highest BCUT2D eigenvalue weighted by molar-refractivity contribution is 6.42. The van der Waals surface area contributed by atoms with E-state index in [4.69, 9.17) is 15.2 Å². The van der Waals surface area contributed by atoms with Crippen molar-refractivity contribution in [1.29, 1.82) is 0 Å². The fourth-order valence-electron chi connectivity index (χ4n) is 2.73. The fourth-order valence-corrected chi connectivity index (χ4v) is 2.73. The Balaban J connectivity index is 1.67. The van der Waals surface area contributed by atoms with Gasteiger partial charge in [0, 0.05) is 18.8 Å². The molecule has 6 nitrogen and oxygen atoms in total. The van der Waals surface area contributed by atoms with Crippen molar-refractivity contribution in [2.45, 2.75) is 32.1 Å². The number of carbonyl (C=O) groups excluding carboxylic acids is 1. The highest BCUT2D eigenvalue weighted by atomic mass is 16.7. The Labute approximate surface area is 129 Å². The van der Waals surface area contributed by atoms with E-state index >= 15 is 0 Å². The Morgan fingerprint density at radius 1 is 1.36 bits per heavy atom. The zero-order valence-corrected chi connectivity index (χ0v) is 12.5. The van der Waals surface area contributed by atoms with Crippen molar-refractivity contribution in [1.82, 2.24) is 0 Å². The third kappa shape index (κ3) is 3.28. The molecule has 2 aliphatic rings. The lowest BCUT2D eigenvalue weighted by Crippen LogP contribution is -2.42. The smallest absolute Gasteiger partial charge is 0.293 e. The molecular weight excluding hydrogens is 282 g/mol. The molecule has 2 aliphatic heterocycles. The van der Waals surface area contributed by atoms with Crippen LogP contribution >= 0.6 is 0 Å². The van der Waals surface area contributed by atoms with Crippen LogP contribution in [-0.2, 0) is 20.8 Å². The van der Waals surface area contributed by atoms with E-state index < -0.39 is 0 Å². The van der Waals surface area contributed by atoms with E-state index in [0.29, 0.717) is 19.7 Å². The molecule has 1 fully saturated rings. The minimum atomic E-state index is -0.266. The average molecular weight is 303 g/mol. The van der Waals surface area contributed by atoms with E-state index in [1.54, 1.807) is 4.90 Å². The number of hydrogen-bond donors (Lipinski definition) is 1. The van der Waals surface area contributed by atoms with Gasteiger partial charge in [-0.2, -0.15) is 0 Å². The summed E-state index contributed by atoms with van der Waals surface area (Å²) in [5.41, 5.74) is 7.60. The number of rotatable bonds is 4. The molecule has 3 rings (SSSR count). The Hall–Kier alpha value is -1.92. The lowest BCUT2D eigenvalue weighted by atomic mass is 10.1. The first-order chi connectivity index (χ1) is 10.8. The van der Waals surface area contributed by atoms with Crippen LogP contribution in [-0.4, -0.2) is 37.8 Å². The van der Waals surface area contributed by atoms with Gasteiger partial charge < -0.3 is 20.1 Å². The number of anilines is 1. The van der Waals surface area contributed by atoms with Crippen molar-refractivity contribution >= 4 is 17.4 Å². The van der Waals surface area contributed by atoms with Crippen LogP contribution in [0.3, 0.4) is 0 Å². The van der Waals surface area contributed by atoms with Crippen LogP contribution in [0.15, 0.2) is 29.3 Å². The molecule has 0 saturated carbocycles. The first-order valence-electron chi connectivity index (χ1n) is 7.68. The zero-order valence-electron chi connectivity index (χ0n) is 12.5. The second kappa shape index (κ2) is 6.89. The van der Waals surface area contributed by atoms with E-state index in [9.17, 15) is 4.79 Å². The van der Waals surface area contributed by atoms with Gasteiger partial charge in [-0.1, -0.05) is 18.2 Å². The van der Waals surface area contributed by atoms with E-state index in [0.717, 1.165) is 37.1 Å². The maximum absolute atomic E-state index is 12.4. The molecule has 22 heavy (non-hydrogen) atoms. The quantitative estimate of drug-likeness (QED) is 0.913. The van der Waals surface area contributed by atoms with Crippen LogP contribution in [0.25, 0.3) is 0 Å². The monoisotopic (exact) mass is 303 g/mol. The summed E-state index contributed by atoms with van der Waals surface area (Å²) in [5.74, 6) is -0.219. The number of nitrogens with two attached hydrogens (primary N) is 1. The molecule has 6 heteroatoms. The van der Waals surface area contributed by atoms with Crippen molar-refractivity contribution in [2.75, 3.05) is 24.7 Å². The first kappa shape index (κ1) is 15.0. The molecule has 1 unspecified atom stereocenters. The number of benzene rings is 1. The van der Waals surface area contributed by atoms with Gasteiger partial charge in [0.25, 0.3) is 5.91 Å². The molecule has 2 heterocycles. The van der Waals surface area contributed by atoms with E-state index in [2.05, 4.69) is 4.99 Å². The summed E-state index contributed by atoms with van der Waals surface area (Å²) < 4.78 is 11.3. The van der Waals surface area contributed by atoms with E-state index in [-0.39, 0.29) is 18.0 Å². The normalized spacial score (nSPS) is 22.0. The largest absolute Gasteiger partial charge is 0.379 e. The molecule has 118 valence electrons. The Morgan fingerprint density at radius 3 is 3.05 bits per heavy atom. The minimum absolute atomic E-state index is 0.0464. The third-order valence-corrected chi connectivity index (χ3v) is 3.92. The Morgan fingerprint density at radius 2 is 2.23 bits per heavy atom.